The van der Waals surface area contributed by atoms with E-state index in [-0.39, 0.29) is 11.9 Å². The summed E-state index contributed by atoms with van der Waals surface area (Å²) in [5, 5.41) is 2.99. The first-order valence-electron chi connectivity index (χ1n) is 8.21. The molecule has 0 aliphatic carbocycles. The Morgan fingerprint density at radius 3 is 2.64 bits per heavy atom. The van der Waals surface area contributed by atoms with Gasteiger partial charge in [0, 0.05) is 5.56 Å². The molecule has 1 aliphatic rings. The van der Waals surface area contributed by atoms with E-state index in [4.69, 9.17) is 14.2 Å². The van der Waals surface area contributed by atoms with Crippen molar-refractivity contribution in [2.75, 3.05) is 19.8 Å². The number of rotatable bonds is 6. The van der Waals surface area contributed by atoms with Gasteiger partial charge in [-0.2, -0.15) is 0 Å². The van der Waals surface area contributed by atoms with E-state index in [0.717, 1.165) is 11.3 Å². The fourth-order valence-corrected chi connectivity index (χ4v) is 2.55. The lowest BCUT2D eigenvalue weighted by Crippen LogP contribution is -2.26. The second-order valence-corrected chi connectivity index (χ2v) is 5.72. The normalized spacial score (nSPS) is 13.6. The van der Waals surface area contributed by atoms with Crippen LogP contribution in [0.25, 0.3) is 0 Å². The maximum absolute atomic E-state index is 12.4. The third-order valence-electron chi connectivity index (χ3n) is 3.90. The SMILES string of the molecule is C=CCOc1ccc(C(=O)N[C@H](C)c2ccc3c(c2)OCCO3)cc1. The van der Waals surface area contributed by atoms with Gasteiger partial charge in [0.25, 0.3) is 5.91 Å². The van der Waals surface area contributed by atoms with E-state index in [1.165, 1.54) is 0 Å². The van der Waals surface area contributed by atoms with Crippen LogP contribution in [0.5, 0.6) is 17.2 Å². The summed E-state index contributed by atoms with van der Waals surface area (Å²) < 4.78 is 16.5. The number of ether oxygens (including phenoxy) is 3. The van der Waals surface area contributed by atoms with Crippen molar-refractivity contribution < 1.29 is 19.0 Å². The summed E-state index contributed by atoms with van der Waals surface area (Å²) in [4.78, 5) is 12.4. The molecule has 0 unspecified atom stereocenters. The molecule has 1 heterocycles. The molecule has 3 rings (SSSR count). The molecular weight excluding hydrogens is 318 g/mol. The first-order valence-corrected chi connectivity index (χ1v) is 8.21. The van der Waals surface area contributed by atoms with E-state index >= 15 is 0 Å². The van der Waals surface area contributed by atoms with Gasteiger partial charge >= 0.3 is 0 Å². The van der Waals surface area contributed by atoms with Gasteiger partial charge in [-0.05, 0) is 48.9 Å². The van der Waals surface area contributed by atoms with Crippen LogP contribution in [0, 0.1) is 0 Å². The van der Waals surface area contributed by atoms with E-state index in [1.54, 1.807) is 30.3 Å². The average molecular weight is 339 g/mol. The number of fused-ring (bicyclic) bond motifs is 1. The van der Waals surface area contributed by atoms with Crippen molar-refractivity contribution >= 4 is 5.91 Å². The molecule has 0 radical (unpaired) electrons. The Morgan fingerprint density at radius 2 is 1.92 bits per heavy atom. The molecule has 0 aromatic heterocycles. The minimum absolute atomic E-state index is 0.141. The molecule has 0 fully saturated rings. The highest BCUT2D eigenvalue weighted by Crippen LogP contribution is 2.32. The molecule has 0 spiro atoms. The highest BCUT2D eigenvalue weighted by Gasteiger charge is 2.16. The number of carbonyl (C=O) groups excluding carboxylic acids is 1. The third-order valence-corrected chi connectivity index (χ3v) is 3.90. The molecule has 25 heavy (non-hydrogen) atoms. The fraction of sp³-hybridized carbons (Fsp3) is 0.250. The standard InChI is InChI=1S/C20H21NO4/c1-3-10-23-17-7-4-15(5-8-17)20(22)21-14(2)16-6-9-18-19(13-16)25-12-11-24-18/h3-9,13-14H,1,10-12H2,2H3,(H,21,22)/t14-/m1/s1. The molecule has 2 aromatic rings. The van der Waals surface area contributed by atoms with Crippen LogP contribution >= 0.6 is 0 Å². The minimum atomic E-state index is -0.153. The van der Waals surface area contributed by atoms with Gasteiger partial charge in [-0.25, -0.2) is 0 Å². The molecule has 2 aromatic carbocycles. The summed E-state index contributed by atoms with van der Waals surface area (Å²) in [6.45, 7) is 7.08. The van der Waals surface area contributed by atoms with E-state index in [2.05, 4.69) is 11.9 Å². The lowest BCUT2D eigenvalue weighted by molar-refractivity contribution is 0.0939. The zero-order valence-electron chi connectivity index (χ0n) is 14.2. The van der Waals surface area contributed by atoms with Crippen LogP contribution in [-0.4, -0.2) is 25.7 Å². The maximum Gasteiger partial charge on any atom is 0.251 e. The van der Waals surface area contributed by atoms with Crippen molar-refractivity contribution in [1.82, 2.24) is 5.32 Å². The molecule has 1 atom stereocenters. The topological polar surface area (TPSA) is 56.8 Å². The van der Waals surface area contributed by atoms with Crippen LogP contribution in [-0.2, 0) is 0 Å². The lowest BCUT2D eigenvalue weighted by atomic mass is 10.1. The second-order valence-electron chi connectivity index (χ2n) is 5.72. The average Bonchev–Trinajstić information content (AvgIpc) is 2.66. The first-order chi connectivity index (χ1) is 12.2. The maximum atomic E-state index is 12.4. The summed E-state index contributed by atoms with van der Waals surface area (Å²) >= 11 is 0. The molecule has 5 heteroatoms. The van der Waals surface area contributed by atoms with Gasteiger partial charge in [-0.3, -0.25) is 4.79 Å². The van der Waals surface area contributed by atoms with Gasteiger partial charge < -0.3 is 19.5 Å². The summed E-state index contributed by atoms with van der Waals surface area (Å²) in [6.07, 6.45) is 1.68. The summed E-state index contributed by atoms with van der Waals surface area (Å²) in [5.74, 6) is 2.02. The lowest BCUT2D eigenvalue weighted by Gasteiger charge is -2.21. The van der Waals surface area contributed by atoms with Crippen LogP contribution < -0.4 is 19.5 Å². The molecule has 0 saturated carbocycles. The van der Waals surface area contributed by atoms with E-state index in [0.29, 0.717) is 36.9 Å². The first kappa shape index (κ1) is 16.9. The van der Waals surface area contributed by atoms with Gasteiger partial charge in [0.1, 0.15) is 25.6 Å². The number of benzene rings is 2. The van der Waals surface area contributed by atoms with Gasteiger partial charge in [0.2, 0.25) is 0 Å². The van der Waals surface area contributed by atoms with E-state index < -0.39 is 0 Å². The van der Waals surface area contributed by atoms with Crippen molar-refractivity contribution in [3.8, 4) is 17.2 Å². The van der Waals surface area contributed by atoms with Crippen LogP contribution in [0.4, 0.5) is 0 Å². The predicted molar refractivity (Wildman–Crippen MR) is 95.4 cm³/mol. The number of hydrogen-bond acceptors (Lipinski definition) is 4. The van der Waals surface area contributed by atoms with Gasteiger partial charge in [-0.15, -0.1) is 0 Å². The van der Waals surface area contributed by atoms with Gasteiger partial charge in [0.15, 0.2) is 11.5 Å². The Hall–Kier alpha value is -2.95. The summed E-state index contributed by atoms with van der Waals surface area (Å²) in [6, 6.07) is 12.6. The second kappa shape index (κ2) is 7.75. The van der Waals surface area contributed by atoms with Crippen molar-refractivity contribution in [2.24, 2.45) is 0 Å². The van der Waals surface area contributed by atoms with E-state index in [9.17, 15) is 4.79 Å². The summed E-state index contributed by atoms with van der Waals surface area (Å²) in [5.41, 5.74) is 1.54. The van der Waals surface area contributed by atoms with Crippen LogP contribution in [0.2, 0.25) is 0 Å². The highest BCUT2D eigenvalue weighted by molar-refractivity contribution is 5.94. The molecule has 1 aliphatic heterocycles. The molecule has 1 N–H and O–H groups in total. The van der Waals surface area contributed by atoms with E-state index in [1.807, 2.05) is 25.1 Å². The Balaban J connectivity index is 1.64. The quantitative estimate of drug-likeness (QED) is 0.818. The van der Waals surface area contributed by atoms with Crippen molar-refractivity contribution in [3.05, 3.63) is 66.2 Å². The van der Waals surface area contributed by atoms with Crippen LogP contribution in [0.15, 0.2) is 55.1 Å². The summed E-state index contributed by atoms with van der Waals surface area (Å²) in [7, 11) is 0. The van der Waals surface area contributed by atoms with Gasteiger partial charge in [-0.1, -0.05) is 18.7 Å². The largest absolute Gasteiger partial charge is 0.490 e. The zero-order valence-corrected chi connectivity index (χ0v) is 14.2. The smallest absolute Gasteiger partial charge is 0.251 e. The van der Waals surface area contributed by atoms with Crippen LogP contribution in [0.3, 0.4) is 0 Å². The highest BCUT2D eigenvalue weighted by atomic mass is 16.6. The predicted octanol–water partition coefficient (Wildman–Crippen LogP) is 3.51. The number of nitrogens with one attached hydrogen (secondary N) is 1. The molecule has 5 nitrogen and oxygen atoms in total. The molecule has 0 saturated heterocycles. The Labute approximate surface area is 147 Å². The zero-order chi connectivity index (χ0) is 17.6. The van der Waals surface area contributed by atoms with Crippen molar-refractivity contribution in [3.63, 3.8) is 0 Å². The number of carbonyl (C=O) groups is 1. The number of hydrogen-bond donors (Lipinski definition) is 1. The minimum Gasteiger partial charge on any atom is -0.490 e. The van der Waals surface area contributed by atoms with Crippen molar-refractivity contribution in [2.45, 2.75) is 13.0 Å². The number of amides is 1. The third kappa shape index (κ3) is 4.12. The molecule has 0 bridgehead atoms. The molecular formula is C20H21NO4. The Kier molecular flexibility index (Phi) is 5.23. The van der Waals surface area contributed by atoms with Crippen molar-refractivity contribution in [1.29, 1.82) is 0 Å². The van der Waals surface area contributed by atoms with Crippen LogP contribution in [0.1, 0.15) is 28.9 Å². The Bertz CT molecular complexity index is 755. The molecule has 1 amide bonds. The molecule has 130 valence electrons. The fourth-order valence-electron chi connectivity index (χ4n) is 2.55. The Morgan fingerprint density at radius 1 is 1.20 bits per heavy atom. The monoisotopic (exact) mass is 339 g/mol. The van der Waals surface area contributed by atoms with Gasteiger partial charge in [0.05, 0.1) is 6.04 Å².